The van der Waals surface area contributed by atoms with Crippen molar-refractivity contribution in [1.82, 2.24) is 0 Å². The van der Waals surface area contributed by atoms with Crippen molar-refractivity contribution in [2.75, 3.05) is 5.88 Å². The number of alkyl halides is 1. The van der Waals surface area contributed by atoms with Gasteiger partial charge in [0.05, 0.1) is 0 Å². The van der Waals surface area contributed by atoms with E-state index < -0.39 is 0 Å². The molecule has 1 aromatic rings. The van der Waals surface area contributed by atoms with Crippen LogP contribution in [-0.4, -0.2) is 5.88 Å². The zero-order valence-electron chi connectivity index (χ0n) is 6.38. The molecule has 0 spiro atoms. The highest BCUT2D eigenvalue weighted by atomic mass is 79.9. The van der Waals surface area contributed by atoms with Crippen LogP contribution in [0.25, 0.3) is 0 Å². The van der Waals surface area contributed by atoms with Crippen LogP contribution in [0.15, 0.2) is 24.0 Å². The van der Waals surface area contributed by atoms with Crippen LogP contribution in [0.5, 0.6) is 0 Å². The SMILES string of the molecule is ClCCc1cc(Br)c(Br)c(Br)c1Br. The largest absolute Gasteiger partial charge is 0.126 e. The van der Waals surface area contributed by atoms with Gasteiger partial charge in [0.1, 0.15) is 0 Å². The zero-order valence-corrected chi connectivity index (χ0v) is 13.5. The second kappa shape index (κ2) is 5.50. The molecule has 0 fully saturated rings. The molecule has 0 unspecified atom stereocenters. The highest BCUT2D eigenvalue weighted by Gasteiger charge is 2.10. The van der Waals surface area contributed by atoms with Crippen molar-refractivity contribution < 1.29 is 0 Å². The number of hydrogen-bond donors (Lipinski definition) is 0. The van der Waals surface area contributed by atoms with Crippen molar-refractivity contribution in [3.05, 3.63) is 29.5 Å². The van der Waals surface area contributed by atoms with Gasteiger partial charge in [-0.3, -0.25) is 0 Å². The second-order valence-corrected chi connectivity index (χ2v) is 6.01. The number of aryl methyl sites for hydroxylation is 1. The van der Waals surface area contributed by atoms with Crippen molar-refractivity contribution in [3.8, 4) is 0 Å². The lowest BCUT2D eigenvalue weighted by molar-refractivity contribution is 1.12. The van der Waals surface area contributed by atoms with Crippen molar-refractivity contribution in [1.29, 1.82) is 0 Å². The second-order valence-electron chi connectivity index (χ2n) is 2.40. The molecule has 0 atom stereocenters. The summed E-state index contributed by atoms with van der Waals surface area (Å²) in [6, 6.07) is 2.06. The molecule has 0 aliphatic carbocycles. The summed E-state index contributed by atoms with van der Waals surface area (Å²) in [5, 5.41) is 0. The molecule has 1 rings (SSSR count). The number of rotatable bonds is 2. The van der Waals surface area contributed by atoms with Crippen molar-refractivity contribution in [2.24, 2.45) is 0 Å². The molecule has 0 radical (unpaired) electrons. The number of halogens is 5. The molecular weight excluding hydrogens is 451 g/mol. The first-order valence-electron chi connectivity index (χ1n) is 3.45. The third-order valence-corrected chi connectivity index (χ3v) is 6.47. The van der Waals surface area contributed by atoms with Crippen LogP contribution in [0.3, 0.4) is 0 Å². The van der Waals surface area contributed by atoms with Crippen molar-refractivity contribution in [3.63, 3.8) is 0 Å². The Kier molecular flexibility index (Phi) is 5.28. The molecular formula is C8H5Br4Cl. The minimum atomic E-state index is 0.624. The first-order chi connectivity index (χ1) is 6.07. The molecule has 0 saturated heterocycles. The minimum Gasteiger partial charge on any atom is -0.126 e. The summed E-state index contributed by atoms with van der Waals surface area (Å²) in [4.78, 5) is 0. The molecule has 0 aliphatic rings. The van der Waals surface area contributed by atoms with Gasteiger partial charge in [-0.15, -0.1) is 11.6 Å². The third kappa shape index (κ3) is 2.94. The summed E-state index contributed by atoms with van der Waals surface area (Å²) in [6.45, 7) is 0. The van der Waals surface area contributed by atoms with Crippen molar-refractivity contribution in [2.45, 2.75) is 6.42 Å². The lowest BCUT2D eigenvalue weighted by Gasteiger charge is -2.08. The van der Waals surface area contributed by atoms with Crippen LogP contribution >= 0.6 is 75.3 Å². The van der Waals surface area contributed by atoms with E-state index in [1.54, 1.807) is 0 Å². The molecule has 0 saturated carbocycles. The van der Waals surface area contributed by atoms with Gasteiger partial charge in [-0.05, 0) is 81.8 Å². The van der Waals surface area contributed by atoms with Gasteiger partial charge in [0.15, 0.2) is 0 Å². The summed E-state index contributed by atoms with van der Waals surface area (Å²) in [7, 11) is 0. The van der Waals surface area contributed by atoms with Crippen LogP contribution in [0, 0.1) is 0 Å². The van der Waals surface area contributed by atoms with Gasteiger partial charge in [-0.1, -0.05) is 0 Å². The van der Waals surface area contributed by atoms with Gasteiger partial charge in [0, 0.05) is 23.8 Å². The zero-order chi connectivity index (χ0) is 10.0. The molecule has 0 aliphatic heterocycles. The molecule has 0 bridgehead atoms. The lowest BCUT2D eigenvalue weighted by Crippen LogP contribution is -1.90. The van der Waals surface area contributed by atoms with E-state index >= 15 is 0 Å². The Bertz CT molecular complexity index is 324. The summed E-state index contributed by atoms with van der Waals surface area (Å²) >= 11 is 19.6. The van der Waals surface area contributed by atoms with E-state index in [0.29, 0.717) is 5.88 Å². The molecule has 13 heavy (non-hydrogen) atoms. The topological polar surface area (TPSA) is 0 Å². The van der Waals surface area contributed by atoms with Crippen LogP contribution < -0.4 is 0 Å². The summed E-state index contributed by atoms with van der Waals surface area (Å²) in [5.74, 6) is 0.624. The summed E-state index contributed by atoms with van der Waals surface area (Å²) in [6.07, 6.45) is 0.854. The van der Waals surface area contributed by atoms with Gasteiger partial charge in [0.2, 0.25) is 0 Å². The third-order valence-electron chi connectivity index (χ3n) is 1.54. The maximum atomic E-state index is 5.69. The van der Waals surface area contributed by atoms with Crippen LogP contribution in [-0.2, 0) is 6.42 Å². The molecule has 0 aromatic heterocycles. The quantitative estimate of drug-likeness (QED) is 0.313. The van der Waals surface area contributed by atoms with Gasteiger partial charge in [-0.2, -0.15) is 0 Å². The molecule has 0 amide bonds. The minimum absolute atomic E-state index is 0.624. The predicted molar refractivity (Wildman–Crippen MR) is 71.7 cm³/mol. The Labute approximate surface area is 116 Å². The fourth-order valence-corrected chi connectivity index (χ4v) is 3.41. The monoisotopic (exact) mass is 452 g/mol. The fraction of sp³-hybridized carbons (Fsp3) is 0.250. The van der Waals surface area contributed by atoms with E-state index in [1.807, 2.05) is 0 Å². The van der Waals surface area contributed by atoms with E-state index in [-0.39, 0.29) is 0 Å². The Morgan fingerprint density at radius 2 is 1.62 bits per heavy atom. The van der Waals surface area contributed by atoms with E-state index in [9.17, 15) is 0 Å². The highest BCUT2D eigenvalue weighted by Crippen LogP contribution is 2.39. The first kappa shape index (κ1) is 12.5. The Morgan fingerprint density at radius 3 is 2.15 bits per heavy atom. The maximum absolute atomic E-state index is 5.69. The molecule has 1 aromatic carbocycles. The van der Waals surface area contributed by atoms with Gasteiger partial charge in [-0.25, -0.2) is 0 Å². The Balaban J connectivity index is 3.24. The first-order valence-corrected chi connectivity index (χ1v) is 7.16. The van der Waals surface area contributed by atoms with E-state index in [2.05, 4.69) is 69.8 Å². The molecule has 72 valence electrons. The molecule has 0 nitrogen and oxygen atoms in total. The number of benzene rings is 1. The van der Waals surface area contributed by atoms with Gasteiger partial charge >= 0.3 is 0 Å². The molecule has 0 heterocycles. The summed E-state index contributed by atoms with van der Waals surface area (Å²) in [5.41, 5.74) is 1.19. The smallest absolute Gasteiger partial charge is 0.0473 e. The molecule has 5 heteroatoms. The van der Waals surface area contributed by atoms with E-state index in [0.717, 1.165) is 24.3 Å². The fourth-order valence-electron chi connectivity index (χ4n) is 0.906. The lowest BCUT2D eigenvalue weighted by atomic mass is 10.2. The van der Waals surface area contributed by atoms with Crippen molar-refractivity contribution >= 4 is 75.3 Å². The van der Waals surface area contributed by atoms with Crippen LogP contribution in [0.4, 0.5) is 0 Å². The predicted octanol–water partition coefficient (Wildman–Crippen LogP) is 5.52. The summed E-state index contributed by atoms with van der Waals surface area (Å²) < 4.78 is 4.12. The standard InChI is InChI=1S/C8H5Br4Cl/c9-5-3-4(1-2-13)6(10)8(12)7(5)11/h3H,1-2H2. The average Bonchev–Trinajstić information content (AvgIpc) is 2.11. The Morgan fingerprint density at radius 1 is 1.00 bits per heavy atom. The van der Waals surface area contributed by atoms with Crippen LogP contribution in [0.1, 0.15) is 5.56 Å². The maximum Gasteiger partial charge on any atom is 0.0473 e. The van der Waals surface area contributed by atoms with Crippen LogP contribution in [0.2, 0.25) is 0 Å². The highest BCUT2D eigenvalue weighted by molar-refractivity contribution is 9.15. The number of hydrogen-bond acceptors (Lipinski definition) is 0. The van der Waals surface area contributed by atoms with Gasteiger partial charge < -0.3 is 0 Å². The van der Waals surface area contributed by atoms with Gasteiger partial charge in [0.25, 0.3) is 0 Å². The Hall–Kier alpha value is 1.43. The molecule has 0 N–H and O–H groups in total. The van der Waals surface area contributed by atoms with E-state index in [4.69, 9.17) is 11.6 Å². The normalized spacial score (nSPS) is 10.5. The van der Waals surface area contributed by atoms with E-state index in [1.165, 1.54) is 5.56 Å². The average molecular weight is 456 g/mol.